The number of pyridine rings is 2. The van der Waals surface area contributed by atoms with Gasteiger partial charge in [-0.05, 0) is 132 Å². The van der Waals surface area contributed by atoms with Gasteiger partial charge in [0.15, 0.2) is 0 Å². The van der Waals surface area contributed by atoms with E-state index in [1.165, 1.54) is 6.20 Å². The van der Waals surface area contributed by atoms with Crippen molar-refractivity contribution < 1.29 is 42.0 Å². The van der Waals surface area contributed by atoms with Gasteiger partial charge in [-0.1, -0.05) is 104 Å². The Morgan fingerprint density at radius 3 is 1.42 bits per heavy atom. The molecule has 1 fully saturated rings. The summed E-state index contributed by atoms with van der Waals surface area (Å²) in [4.78, 5) is 113. The summed E-state index contributed by atoms with van der Waals surface area (Å²) in [6.07, 6.45) is 11.0. The van der Waals surface area contributed by atoms with Crippen molar-refractivity contribution in [3.63, 3.8) is 0 Å². The van der Waals surface area contributed by atoms with Crippen LogP contribution in [0.4, 0.5) is 0 Å². The molecule has 20 heteroatoms. The lowest BCUT2D eigenvalue weighted by molar-refractivity contribution is -0.139. The number of amides is 6. The molecule has 1 aliphatic carbocycles. The lowest BCUT2D eigenvalue weighted by Gasteiger charge is -2.38. The minimum Gasteiger partial charge on any atom is -0.467 e. The minimum absolute atomic E-state index is 0.0656. The molecular weight excluding hydrogens is 1230 g/mol. The van der Waals surface area contributed by atoms with Crippen LogP contribution in [0.15, 0.2) is 230 Å². The molecule has 5 atom stereocenters. The fourth-order valence-electron chi connectivity index (χ4n) is 16.0. The molecule has 11 heterocycles. The first-order valence-electron chi connectivity index (χ1n) is 33.9. The molecule has 7 aliphatic rings. The van der Waals surface area contributed by atoms with Crippen LogP contribution in [0.3, 0.4) is 0 Å². The molecule has 6 amide bonds. The van der Waals surface area contributed by atoms with Crippen molar-refractivity contribution in [3.05, 3.63) is 273 Å². The molecule has 5 unspecified atom stereocenters. The van der Waals surface area contributed by atoms with E-state index in [9.17, 15) is 0 Å². The second kappa shape index (κ2) is 25.0. The van der Waals surface area contributed by atoms with Crippen LogP contribution < -0.4 is 16.0 Å². The van der Waals surface area contributed by atoms with Gasteiger partial charge in [0.05, 0.1) is 45.2 Å². The summed E-state index contributed by atoms with van der Waals surface area (Å²) in [5.74, 6) is -0.183. The van der Waals surface area contributed by atoms with Crippen molar-refractivity contribution in [1.29, 1.82) is 0 Å². The Balaban J connectivity index is 0.862. The van der Waals surface area contributed by atoms with E-state index < -0.39 is 52.7 Å². The van der Waals surface area contributed by atoms with Crippen molar-refractivity contribution in [1.82, 2.24) is 55.3 Å². The highest BCUT2D eigenvalue weighted by Gasteiger charge is 2.57. The second-order valence-corrected chi connectivity index (χ2v) is 28.1. The predicted molar refractivity (Wildman–Crippen MR) is 363 cm³/mol. The molecule has 98 heavy (non-hydrogen) atoms. The van der Waals surface area contributed by atoms with E-state index in [2.05, 4.69) is 25.9 Å². The maximum absolute atomic E-state index is 16.2. The summed E-state index contributed by atoms with van der Waals surface area (Å²) < 4.78 is 20.8. The maximum Gasteiger partial charge on any atom is 0.256 e. The maximum atomic E-state index is 16.2. The number of hydrogen-bond donors (Lipinski definition) is 3. The summed E-state index contributed by atoms with van der Waals surface area (Å²) >= 11 is 0. The molecule has 6 aliphatic heterocycles. The van der Waals surface area contributed by atoms with Crippen LogP contribution in [0.2, 0.25) is 0 Å². The monoisotopic (exact) mass is 1310 g/mol. The first kappa shape index (κ1) is 63.3. The van der Waals surface area contributed by atoms with Gasteiger partial charge in [0.1, 0.15) is 59.0 Å². The summed E-state index contributed by atoms with van der Waals surface area (Å²) in [6, 6.07) is 42.2. The van der Waals surface area contributed by atoms with Gasteiger partial charge in [-0.2, -0.15) is 0 Å². The molecule has 500 valence electrons. The third-order valence-electron chi connectivity index (χ3n) is 21.1. The topological polar surface area (TPSA) is 223 Å². The van der Waals surface area contributed by atoms with E-state index in [1.54, 1.807) is 76.0 Å². The van der Waals surface area contributed by atoms with Gasteiger partial charge in [0.25, 0.3) is 29.5 Å². The number of rotatable bonds is 14. The molecule has 3 aromatic carbocycles. The summed E-state index contributed by atoms with van der Waals surface area (Å²) in [6.45, 7) is 13.3. The Morgan fingerprint density at radius 2 is 0.929 bits per heavy atom. The van der Waals surface area contributed by atoms with Crippen LogP contribution in [0, 0.1) is 5.92 Å². The van der Waals surface area contributed by atoms with Gasteiger partial charge in [-0.15, -0.1) is 0 Å². The average molecular weight is 1310 g/mol. The lowest BCUT2D eigenvalue weighted by atomic mass is 9.94. The Labute approximate surface area is 569 Å². The highest BCUT2D eigenvalue weighted by Crippen LogP contribution is 2.52. The van der Waals surface area contributed by atoms with Crippen LogP contribution in [0.25, 0.3) is 0 Å². The number of hydrogen-bond acceptors (Lipinski definition) is 14. The first-order valence-corrected chi connectivity index (χ1v) is 33.9. The van der Waals surface area contributed by atoms with E-state index >= 15 is 28.8 Å². The van der Waals surface area contributed by atoms with E-state index in [0.717, 1.165) is 29.5 Å². The van der Waals surface area contributed by atoms with E-state index in [4.69, 9.17) is 13.3 Å². The van der Waals surface area contributed by atoms with Crippen LogP contribution in [0.1, 0.15) is 164 Å². The summed E-state index contributed by atoms with van der Waals surface area (Å²) in [7, 11) is 0. The van der Waals surface area contributed by atoms with Gasteiger partial charge < -0.3 is 58.6 Å². The zero-order valence-electron chi connectivity index (χ0n) is 55.8. The number of furan rings is 3. The average Bonchev–Trinajstić information content (AvgIpc) is 1.58. The van der Waals surface area contributed by atoms with E-state index in [1.807, 2.05) is 172 Å². The molecule has 0 saturated heterocycles. The van der Waals surface area contributed by atoms with Crippen molar-refractivity contribution in [2.24, 2.45) is 5.92 Å². The van der Waals surface area contributed by atoms with Gasteiger partial charge in [-0.3, -0.25) is 38.7 Å². The Hall–Kier alpha value is -10.8. The van der Waals surface area contributed by atoms with E-state index in [0.29, 0.717) is 89.3 Å². The van der Waals surface area contributed by atoms with Gasteiger partial charge in [-0.25, -0.2) is 0 Å². The number of nitrogens with zero attached hydrogens (tertiary/aromatic N) is 8. The van der Waals surface area contributed by atoms with E-state index in [-0.39, 0.29) is 78.5 Å². The standard InChI is InChI=1S/C78H79N11O9/c1-76(2)67-61(73(93)87(76)43-48-20-10-7-11-21-48)65(84(40-39-81-67)70(90)52-34-37-79-38-35-52)59-32-30-56(97-59)55-47-86(72(92)53-28-18-36-80-42-53)66(63-69(83-55)78(5,6)89(75(63)95)45-50-24-14-9-15-25-50)60-33-31-57(98-60)54-46-85(71(91)51-26-16-17-27-51)64(58-29-19-41-96-58)62-68(82-54)77(3,4)88(74(62)94)44-49-22-12-8-13-23-49/h7-15,18-25,28-38,41-42,51,54-55,64-66,81-83H,16-17,26-27,39-40,43-47H2,1-6H3. The van der Waals surface area contributed by atoms with Crippen LogP contribution in [0.5, 0.6) is 0 Å². The normalized spacial score (nSPS) is 22.9. The van der Waals surface area contributed by atoms with Crippen molar-refractivity contribution in [2.75, 3.05) is 26.2 Å². The molecule has 8 aromatic rings. The molecule has 0 radical (unpaired) electrons. The second-order valence-electron chi connectivity index (χ2n) is 28.1. The van der Waals surface area contributed by atoms with Crippen molar-refractivity contribution in [2.45, 2.75) is 134 Å². The molecule has 5 aromatic heterocycles. The number of aromatic nitrogens is 2. The largest absolute Gasteiger partial charge is 0.467 e. The van der Waals surface area contributed by atoms with Crippen LogP contribution in [-0.2, 0) is 38.8 Å². The van der Waals surface area contributed by atoms with Crippen molar-refractivity contribution >= 4 is 35.4 Å². The number of carbonyl (C=O) groups excluding carboxylic acids is 6. The quantitative estimate of drug-likeness (QED) is 0.0921. The summed E-state index contributed by atoms with van der Waals surface area (Å²) in [5, 5.41) is 11.3. The predicted octanol–water partition coefficient (Wildman–Crippen LogP) is 11.2. The molecular formula is C78H79N11O9. The molecule has 0 bridgehead atoms. The van der Waals surface area contributed by atoms with Crippen molar-refractivity contribution in [3.8, 4) is 0 Å². The summed E-state index contributed by atoms with van der Waals surface area (Å²) in [5.41, 5.74) is 3.43. The molecule has 3 N–H and O–H groups in total. The molecule has 15 rings (SSSR count). The van der Waals surface area contributed by atoms with Crippen LogP contribution >= 0.6 is 0 Å². The fourth-order valence-corrected chi connectivity index (χ4v) is 16.0. The minimum atomic E-state index is -1.20. The SMILES string of the molecule is CC1(C)C2=C(C(=O)N1Cc1ccccc1)C(c1ccc(C3CN(C(=O)c4cccnc4)C(c4ccc(C5CN(C(=O)C6CCCC6)C(c6ccco6)C6=C(N5)C(C)(C)N(Cc5ccccc5)C6=O)o4)C4=C(N3)C(C)(C)N(Cc3ccccc3)C4=O)o1)N(C(=O)c1ccncc1)CCN2. The Morgan fingerprint density at radius 1 is 0.469 bits per heavy atom. The number of benzene rings is 3. The fraction of sp³-hybridized carbons (Fsp3) is 0.333. The molecule has 0 spiro atoms. The van der Waals surface area contributed by atoms with Gasteiger partial charge >= 0.3 is 0 Å². The third kappa shape index (κ3) is 10.9. The highest BCUT2D eigenvalue weighted by atomic mass is 16.4. The van der Waals surface area contributed by atoms with Gasteiger partial charge in [0.2, 0.25) is 5.91 Å². The highest BCUT2D eigenvalue weighted by molar-refractivity contribution is 6.04. The third-order valence-corrected chi connectivity index (χ3v) is 21.1. The lowest BCUT2D eigenvalue weighted by Crippen LogP contribution is -2.48. The van der Waals surface area contributed by atoms with Gasteiger partial charge in [0, 0.05) is 99.2 Å². The smallest absolute Gasteiger partial charge is 0.256 e. The zero-order valence-corrected chi connectivity index (χ0v) is 55.8. The Bertz CT molecular complexity index is 4480. The molecule has 20 nitrogen and oxygen atoms in total. The zero-order chi connectivity index (χ0) is 67.8. The Kier molecular flexibility index (Phi) is 16.2. The van der Waals surface area contributed by atoms with Crippen LogP contribution in [-0.4, -0.2) is 118 Å². The molecule has 1 saturated carbocycles. The first-order chi connectivity index (χ1) is 47.4. The number of carbonyl (C=O) groups is 6. The number of nitrogens with one attached hydrogen (secondary N) is 3.